The van der Waals surface area contributed by atoms with Crippen LogP contribution < -0.4 is 10.9 Å². The number of hydrogen-bond acceptors (Lipinski definition) is 4. The summed E-state index contributed by atoms with van der Waals surface area (Å²) in [5.74, 6) is -2.11. The first-order valence-electron chi connectivity index (χ1n) is 6.95. The maximum absolute atomic E-state index is 12.3. The summed E-state index contributed by atoms with van der Waals surface area (Å²) in [6.45, 7) is 3.56. The van der Waals surface area contributed by atoms with E-state index in [1.54, 1.807) is 25.1 Å². The number of pyridine rings is 1. The third kappa shape index (κ3) is 2.98. The Morgan fingerprint density at radius 1 is 1.41 bits per heavy atom. The number of hydrogen-bond donors (Lipinski definition) is 2. The van der Waals surface area contributed by atoms with Gasteiger partial charge in [-0.3, -0.25) is 14.0 Å². The maximum Gasteiger partial charge on any atom is 0.326 e. The Morgan fingerprint density at radius 2 is 2.14 bits per heavy atom. The molecular weight excluding hydrogens is 286 g/mol. The molecule has 7 nitrogen and oxygen atoms in total. The molecule has 0 fully saturated rings. The zero-order chi connectivity index (χ0) is 16.3. The van der Waals surface area contributed by atoms with Gasteiger partial charge in [-0.05, 0) is 18.1 Å². The van der Waals surface area contributed by atoms with Crippen molar-refractivity contribution >= 4 is 17.5 Å². The molecule has 2 rings (SSSR count). The summed E-state index contributed by atoms with van der Waals surface area (Å²) >= 11 is 0. The standard InChI is InChI=1S/C15H17N3O4/c1-3-9(2)12(15(21)22)17-13(19)10-8-16-11-6-4-5-7-18(11)14(10)20/h4-9,12H,3H2,1-2H3,(H,17,19)(H,21,22). The van der Waals surface area contributed by atoms with Crippen LogP contribution in [0.2, 0.25) is 0 Å². The van der Waals surface area contributed by atoms with E-state index >= 15 is 0 Å². The van der Waals surface area contributed by atoms with Gasteiger partial charge in [-0.1, -0.05) is 26.3 Å². The van der Waals surface area contributed by atoms with E-state index < -0.39 is 23.5 Å². The molecule has 116 valence electrons. The molecule has 0 saturated heterocycles. The van der Waals surface area contributed by atoms with Gasteiger partial charge in [0.15, 0.2) is 0 Å². The van der Waals surface area contributed by atoms with Gasteiger partial charge in [0.05, 0.1) is 0 Å². The summed E-state index contributed by atoms with van der Waals surface area (Å²) in [6.07, 6.45) is 3.26. The van der Waals surface area contributed by atoms with Crippen molar-refractivity contribution in [2.45, 2.75) is 26.3 Å². The molecule has 2 N–H and O–H groups in total. The lowest BCUT2D eigenvalue weighted by molar-refractivity contribution is -0.140. The highest BCUT2D eigenvalue weighted by Crippen LogP contribution is 2.08. The molecule has 0 aliphatic carbocycles. The molecule has 2 aromatic heterocycles. The molecule has 0 aliphatic heterocycles. The van der Waals surface area contributed by atoms with Gasteiger partial charge >= 0.3 is 5.97 Å². The SMILES string of the molecule is CCC(C)C(NC(=O)c1cnc2ccccn2c1=O)C(=O)O. The molecule has 22 heavy (non-hydrogen) atoms. The minimum atomic E-state index is -1.13. The van der Waals surface area contributed by atoms with E-state index in [-0.39, 0.29) is 11.5 Å². The third-order valence-electron chi connectivity index (χ3n) is 3.62. The number of aromatic nitrogens is 2. The second kappa shape index (κ2) is 6.38. The molecule has 0 radical (unpaired) electrons. The number of carboxylic acids is 1. The Hall–Kier alpha value is -2.70. The van der Waals surface area contributed by atoms with Crippen LogP contribution in [0.25, 0.3) is 5.65 Å². The van der Waals surface area contributed by atoms with Crippen LogP contribution in [0, 0.1) is 5.92 Å². The Labute approximate surface area is 126 Å². The van der Waals surface area contributed by atoms with Gasteiger partial charge in [0, 0.05) is 12.4 Å². The fraction of sp³-hybridized carbons (Fsp3) is 0.333. The highest BCUT2D eigenvalue weighted by atomic mass is 16.4. The van der Waals surface area contributed by atoms with Gasteiger partial charge in [0.2, 0.25) is 0 Å². The summed E-state index contributed by atoms with van der Waals surface area (Å²) in [5, 5.41) is 11.6. The Morgan fingerprint density at radius 3 is 2.77 bits per heavy atom. The van der Waals surface area contributed by atoms with Crippen molar-refractivity contribution in [2.24, 2.45) is 5.92 Å². The summed E-state index contributed by atoms with van der Waals surface area (Å²) in [6, 6.07) is 3.97. The number of nitrogens with zero attached hydrogens (tertiary/aromatic N) is 2. The Kier molecular flexibility index (Phi) is 4.55. The molecule has 0 bridgehead atoms. The first-order valence-corrected chi connectivity index (χ1v) is 6.95. The van der Waals surface area contributed by atoms with Gasteiger partial charge in [-0.15, -0.1) is 0 Å². The van der Waals surface area contributed by atoms with Crippen LogP contribution in [-0.2, 0) is 4.79 Å². The van der Waals surface area contributed by atoms with Gasteiger partial charge in [0.25, 0.3) is 11.5 Å². The van der Waals surface area contributed by atoms with Gasteiger partial charge in [-0.2, -0.15) is 0 Å². The minimum Gasteiger partial charge on any atom is -0.480 e. The van der Waals surface area contributed by atoms with Crippen LogP contribution in [0.1, 0.15) is 30.6 Å². The number of aliphatic carboxylic acids is 1. The maximum atomic E-state index is 12.3. The first kappa shape index (κ1) is 15.7. The van der Waals surface area contributed by atoms with E-state index in [2.05, 4.69) is 10.3 Å². The summed E-state index contributed by atoms with van der Waals surface area (Å²) in [5.41, 5.74) is -0.296. The number of carbonyl (C=O) groups is 2. The molecule has 1 amide bonds. The van der Waals surface area contributed by atoms with E-state index in [1.165, 1.54) is 16.8 Å². The topological polar surface area (TPSA) is 101 Å². The average Bonchev–Trinajstić information content (AvgIpc) is 2.52. The van der Waals surface area contributed by atoms with Crippen molar-refractivity contribution in [1.29, 1.82) is 0 Å². The minimum absolute atomic E-state index is 0.182. The highest BCUT2D eigenvalue weighted by molar-refractivity contribution is 5.96. The first-order chi connectivity index (χ1) is 10.5. The van der Waals surface area contributed by atoms with E-state index in [4.69, 9.17) is 0 Å². The van der Waals surface area contributed by atoms with Crippen molar-refractivity contribution in [3.8, 4) is 0 Å². The molecule has 0 spiro atoms. The lowest BCUT2D eigenvalue weighted by Gasteiger charge is -2.19. The fourth-order valence-electron chi connectivity index (χ4n) is 2.08. The third-order valence-corrected chi connectivity index (χ3v) is 3.62. The molecule has 0 aliphatic rings. The molecule has 0 aromatic carbocycles. The van der Waals surface area contributed by atoms with Crippen molar-refractivity contribution in [3.05, 3.63) is 46.5 Å². The summed E-state index contributed by atoms with van der Waals surface area (Å²) in [7, 11) is 0. The predicted octanol–water partition coefficient (Wildman–Crippen LogP) is 0.924. The van der Waals surface area contributed by atoms with Gasteiger partial charge in [-0.25, -0.2) is 9.78 Å². The van der Waals surface area contributed by atoms with Gasteiger partial charge in [0.1, 0.15) is 17.3 Å². The average molecular weight is 303 g/mol. The molecular formula is C15H17N3O4. The predicted molar refractivity (Wildman–Crippen MR) is 79.8 cm³/mol. The van der Waals surface area contributed by atoms with Crippen molar-refractivity contribution in [1.82, 2.24) is 14.7 Å². The molecule has 2 atom stereocenters. The Balaban J connectivity index is 2.35. The smallest absolute Gasteiger partial charge is 0.326 e. The molecule has 2 unspecified atom stereocenters. The van der Waals surface area contributed by atoms with E-state index in [9.17, 15) is 19.5 Å². The fourth-order valence-corrected chi connectivity index (χ4v) is 2.08. The largest absolute Gasteiger partial charge is 0.480 e. The van der Waals surface area contributed by atoms with Crippen molar-refractivity contribution < 1.29 is 14.7 Å². The van der Waals surface area contributed by atoms with Crippen LogP contribution in [-0.4, -0.2) is 32.4 Å². The van der Waals surface area contributed by atoms with E-state index in [0.29, 0.717) is 12.1 Å². The number of nitrogens with one attached hydrogen (secondary N) is 1. The summed E-state index contributed by atoms with van der Waals surface area (Å²) < 4.78 is 1.24. The second-order valence-corrected chi connectivity index (χ2v) is 5.08. The number of rotatable bonds is 5. The zero-order valence-electron chi connectivity index (χ0n) is 12.3. The molecule has 2 heterocycles. The van der Waals surface area contributed by atoms with Crippen molar-refractivity contribution in [2.75, 3.05) is 0 Å². The van der Waals surface area contributed by atoms with Crippen LogP contribution in [0.4, 0.5) is 0 Å². The highest BCUT2D eigenvalue weighted by Gasteiger charge is 2.27. The Bertz CT molecular complexity index is 769. The van der Waals surface area contributed by atoms with E-state index in [1.807, 2.05) is 6.92 Å². The second-order valence-electron chi connectivity index (χ2n) is 5.08. The zero-order valence-corrected chi connectivity index (χ0v) is 12.3. The number of carbonyl (C=O) groups excluding carboxylic acids is 1. The monoisotopic (exact) mass is 303 g/mol. The molecule has 7 heteroatoms. The summed E-state index contributed by atoms with van der Waals surface area (Å²) in [4.78, 5) is 39.8. The number of fused-ring (bicyclic) bond motifs is 1. The van der Waals surface area contributed by atoms with Crippen LogP contribution in [0.5, 0.6) is 0 Å². The van der Waals surface area contributed by atoms with E-state index in [0.717, 1.165) is 0 Å². The lowest BCUT2D eigenvalue weighted by Crippen LogP contribution is -2.46. The van der Waals surface area contributed by atoms with Crippen LogP contribution >= 0.6 is 0 Å². The lowest BCUT2D eigenvalue weighted by atomic mass is 9.99. The molecule has 0 saturated carbocycles. The molecule has 2 aromatic rings. The van der Waals surface area contributed by atoms with Crippen LogP contribution in [0.3, 0.4) is 0 Å². The number of carboxylic acid groups (broad SMARTS) is 1. The quantitative estimate of drug-likeness (QED) is 0.855. The van der Waals surface area contributed by atoms with Gasteiger partial charge < -0.3 is 10.4 Å². The van der Waals surface area contributed by atoms with Crippen molar-refractivity contribution in [3.63, 3.8) is 0 Å². The normalized spacial score (nSPS) is 13.5. The van der Waals surface area contributed by atoms with Crippen LogP contribution in [0.15, 0.2) is 35.4 Å². The number of amides is 1.